The molecule has 0 aliphatic rings. The lowest BCUT2D eigenvalue weighted by molar-refractivity contribution is -0.00108. The molecule has 0 heterocycles. The van der Waals surface area contributed by atoms with Crippen LogP contribution in [-0.2, 0) is 14.7 Å². The predicted molar refractivity (Wildman–Crippen MR) is 86.9 cm³/mol. The molecule has 0 fully saturated rings. The van der Waals surface area contributed by atoms with Gasteiger partial charge in [-0.15, -0.1) is 4.52 Å². The number of rotatable bonds is 9. The molecule has 0 saturated carbocycles. The van der Waals surface area contributed by atoms with Crippen molar-refractivity contribution < 1.29 is 14.2 Å². The summed E-state index contributed by atoms with van der Waals surface area (Å²) in [4.78, 5) is 0. The van der Waals surface area contributed by atoms with Crippen LogP contribution in [-0.4, -0.2) is 23.9 Å². The van der Waals surface area contributed by atoms with Gasteiger partial charge in [-0.3, -0.25) is 0 Å². The van der Waals surface area contributed by atoms with E-state index in [2.05, 4.69) is 0 Å². The number of benzene rings is 1. The summed E-state index contributed by atoms with van der Waals surface area (Å²) in [5.74, 6) is 0. The zero-order chi connectivity index (χ0) is 15.9. The van der Waals surface area contributed by atoms with E-state index < -0.39 is 13.6 Å². The summed E-state index contributed by atoms with van der Waals surface area (Å²) in [6, 6.07) is 6.97. The smallest absolute Gasteiger partial charge is 0.384 e. The van der Waals surface area contributed by atoms with Crippen molar-refractivity contribution in [2.45, 2.75) is 44.8 Å². The van der Waals surface area contributed by atoms with Crippen LogP contribution < -0.4 is 5.73 Å². The van der Waals surface area contributed by atoms with E-state index in [-0.39, 0.29) is 12.6 Å². The summed E-state index contributed by atoms with van der Waals surface area (Å²) in [5, 5.41) is 11.4. The standard InChI is InChI=1S/C15H24ClNO3P/c1-3-5-14(20-21(19)4-2)10-15(18,11-17)12-6-8-13(16)9-7-12/h6-9,14,18H,3-5,10-11,17H2,1-2H3/q+1. The Hall–Kier alpha value is -0.510. The average molecular weight is 333 g/mol. The van der Waals surface area contributed by atoms with E-state index in [9.17, 15) is 9.67 Å². The van der Waals surface area contributed by atoms with Crippen LogP contribution in [0.2, 0.25) is 5.02 Å². The van der Waals surface area contributed by atoms with Gasteiger partial charge in [-0.1, -0.05) is 37.1 Å². The largest absolute Gasteiger partial charge is 0.508 e. The topological polar surface area (TPSA) is 72.6 Å². The number of hydrogen-bond acceptors (Lipinski definition) is 4. The van der Waals surface area contributed by atoms with E-state index in [1.807, 2.05) is 13.8 Å². The second-order valence-corrected chi connectivity index (χ2v) is 7.06. The number of halogens is 1. The Morgan fingerprint density at radius 3 is 2.48 bits per heavy atom. The van der Waals surface area contributed by atoms with E-state index >= 15 is 0 Å². The van der Waals surface area contributed by atoms with Crippen LogP contribution in [0.4, 0.5) is 0 Å². The van der Waals surface area contributed by atoms with Gasteiger partial charge in [-0.2, -0.15) is 0 Å². The van der Waals surface area contributed by atoms with Crippen LogP contribution in [0.15, 0.2) is 24.3 Å². The van der Waals surface area contributed by atoms with E-state index in [0.717, 1.165) is 12.8 Å². The molecule has 0 aliphatic heterocycles. The Morgan fingerprint density at radius 2 is 2.00 bits per heavy atom. The van der Waals surface area contributed by atoms with E-state index in [1.165, 1.54) is 0 Å². The maximum atomic E-state index is 11.6. The third-order valence-electron chi connectivity index (χ3n) is 3.42. The molecule has 1 rings (SSSR count). The number of hydrogen-bond donors (Lipinski definition) is 2. The lowest BCUT2D eigenvalue weighted by Gasteiger charge is -2.29. The van der Waals surface area contributed by atoms with Crippen LogP contribution in [0.1, 0.15) is 38.7 Å². The fourth-order valence-electron chi connectivity index (χ4n) is 2.21. The molecule has 1 aromatic rings. The molecule has 0 bridgehead atoms. The summed E-state index contributed by atoms with van der Waals surface area (Å²) in [7, 11) is -1.68. The fraction of sp³-hybridized carbons (Fsp3) is 0.600. The molecular formula is C15H24ClNO3P+. The van der Waals surface area contributed by atoms with Crippen molar-refractivity contribution in [2.24, 2.45) is 5.73 Å². The van der Waals surface area contributed by atoms with Crippen molar-refractivity contribution in [3.8, 4) is 0 Å². The first kappa shape index (κ1) is 18.5. The van der Waals surface area contributed by atoms with Gasteiger partial charge in [0, 0.05) is 18.0 Å². The molecule has 0 amide bonds. The van der Waals surface area contributed by atoms with Crippen molar-refractivity contribution >= 4 is 19.6 Å². The predicted octanol–water partition coefficient (Wildman–Crippen LogP) is 3.82. The van der Waals surface area contributed by atoms with E-state index in [1.54, 1.807) is 24.3 Å². The number of aliphatic hydroxyl groups is 1. The fourth-order valence-corrected chi connectivity index (χ4v) is 3.00. The molecule has 0 spiro atoms. The second kappa shape index (κ2) is 8.82. The van der Waals surface area contributed by atoms with Crippen molar-refractivity contribution in [3.05, 3.63) is 34.9 Å². The zero-order valence-corrected chi connectivity index (χ0v) is 14.2. The Bertz CT molecular complexity index is 455. The zero-order valence-electron chi connectivity index (χ0n) is 12.6. The van der Waals surface area contributed by atoms with Crippen LogP contribution >= 0.6 is 19.6 Å². The van der Waals surface area contributed by atoms with Gasteiger partial charge in [0.1, 0.15) is 11.7 Å². The summed E-state index contributed by atoms with van der Waals surface area (Å²) in [5.41, 5.74) is 5.27. The Balaban J connectivity index is 2.89. The molecule has 3 atom stereocenters. The normalized spacial score (nSPS) is 16.3. The molecule has 1 aromatic carbocycles. The molecule has 0 aliphatic carbocycles. The van der Waals surface area contributed by atoms with Gasteiger partial charge < -0.3 is 10.8 Å². The lowest BCUT2D eigenvalue weighted by Crippen LogP contribution is -2.38. The highest BCUT2D eigenvalue weighted by Gasteiger charge is 2.34. The van der Waals surface area contributed by atoms with Crippen molar-refractivity contribution in [1.29, 1.82) is 0 Å². The molecule has 0 aromatic heterocycles. The summed E-state index contributed by atoms with van der Waals surface area (Å²) in [6.45, 7) is 3.91. The Morgan fingerprint density at radius 1 is 1.38 bits per heavy atom. The van der Waals surface area contributed by atoms with Gasteiger partial charge >= 0.3 is 8.03 Å². The molecule has 6 heteroatoms. The van der Waals surface area contributed by atoms with Crippen LogP contribution in [0.25, 0.3) is 0 Å². The molecule has 0 radical (unpaired) electrons. The summed E-state index contributed by atoms with van der Waals surface area (Å²) in [6.07, 6.45) is 2.13. The van der Waals surface area contributed by atoms with Gasteiger partial charge in [0.2, 0.25) is 0 Å². The van der Waals surface area contributed by atoms with Gasteiger partial charge in [0.15, 0.2) is 6.16 Å². The van der Waals surface area contributed by atoms with Crippen molar-refractivity contribution in [1.82, 2.24) is 0 Å². The third kappa shape index (κ3) is 5.65. The Labute approximate surface area is 132 Å². The first-order valence-corrected chi connectivity index (χ1v) is 8.99. The molecule has 0 saturated heterocycles. The minimum Gasteiger partial charge on any atom is -0.384 e. The third-order valence-corrected chi connectivity index (χ3v) is 4.72. The summed E-state index contributed by atoms with van der Waals surface area (Å²) < 4.78 is 17.2. The highest BCUT2D eigenvalue weighted by atomic mass is 35.5. The lowest BCUT2D eigenvalue weighted by atomic mass is 9.87. The highest BCUT2D eigenvalue weighted by molar-refractivity contribution is 7.39. The van der Waals surface area contributed by atoms with Gasteiger partial charge in [-0.25, -0.2) is 0 Å². The molecular weight excluding hydrogens is 309 g/mol. The maximum Gasteiger partial charge on any atom is 0.508 e. The van der Waals surface area contributed by atoms with E-state index in [0.29, 0.717) is 23.2 Å². The SMILES string of the molecule is CCCC(CC(O)(CN)c1ccc(Cl)cc1)O[P+](=O)CC. The first-order valence-electron chi connectivity index (χ1n) is 7.25. The maximum absolute atomic E-state index is 11.6. The summed E-state index contributed by atoms with van der Waals surface area (Å²) >= 11 is 5.87. The molecule has 4 nitrogen and oxygen atoms in total. The van der Waals surface area contributed by atoms with Crippen LogP contribution in [0.3, 0.4) is 0 Å². The Kier molecular flexibility index (Phi) is 7.78. The second-order valence-electron chi connectivity index (χ2n) is 5.11. The minimum absolute atomic E-state index is 0.0706. The van der Waals surface area contributed by atoms with Crippen molar-refractivity contribution in [2.75, 3.05) is 12.7 Å². The van der Waals surface area contributed by atoms with Gasteiger partial charge in [0.25, 0.3) is 0 Å². The molecule has 118 valence electrons. The van der Waals surface area contributed by atoms with Gasteiger partial charge in [-0.05, 0) is 35.6 Å². The van der Waals surface area contributed by atoms with Gasteiger partial charge in [0.05, 0.1) is 0 Å². The molecule has 21 heavy (non-hydrogen) atoms. The minimum atomic E-state index is -1.68. The molecule has 3 unspecified atom stereocenters. The number of nitrogens with two attached hydrogens (primary N) is 1. The van der Waals surface area contributed by atoms with E-state index in [4.69, 9.17) is 21.9 Å². The highest BCUT2D eigenvalue weighted by Crippen LogP contribution is 2.33. The quantitative estimate of drug-likeness (QED) is 0.674. The molecule has 3 N–H and O–H groups in total. The van der Waals surface area contributed by atoms with Crippen molar-refractivity contribution in [3.63, 3.8) is 0 Å². The monoisotopic (exact) mass is 332 g/mol. The average Bonchev–Trinajstić information content (AvgIpc) is 2.47. The van der Waals surface area contributed by atoms with Crippen LogP contribution in [0, 0.1) is 0 Å². The first-order chi connectivity index (χ1) is 9.95. The van der Waals surface area contributed by atoms with Crippen LogP contribution in [0.5, 0.6) is 0 Å².